The largest absolute Gasteiger partial charge is 0.306 e. The third-order valence-electron chi connectivity index (χ3n) is 3.97. The van der Waals surface area contributed by atoms with Crippen LogP contribution in [0.15, 0.2) is 42.7 Å². The fraction of sp³-hybridized carbons (Fsp3) is 0.316. The van der Waals surface area contributed by atoms with Gasteiger partial charge in [0.2, 0.25) is 0 Å². The Kier molecular flexibility index (Phi) is 5.60. The third kappa shape index (κ3) is 4.14. The van der Waals surface area contributed by atoms with Gasteiger partial charge in [0.25, 0.3) is 5.91 Å². The van der Waals surface area contributed by atoms with Crippen molar-refractivity contribution in [1.29, 1.82) is 0 Å². The Morgan fingerprint density at radius 2 is 2.12 bits per heavy atom. The molecule has 3 aromatic heterocycles. The van der Waals surface area contributed by atoms with E-state index in [2.05, 4.69) is 29.2 Å². The van der Waals surface area contributed by atoms with Gasteiger partial charge in [0, 0.05) is 17.1 Å². The summed E-state index contributed by atoms with van der Waals surface area (Å²) in [6.45, 7) is 4.81. The molecule has 0 aliphatic rings. The fourth-order valence-corrected chi connectivity index (χ4v) is 3.96. The van der Waals surface area contributed by atoms with Gasteiger partial charge in [-0.15, -0.1) is 11.3 Å². The molecule has 130 valence electrons. The number of hydrogen-bond acceptors (Lipinski definition) is 4. The molecule has 0 unspecified atom stereocenters. The van der Waals surface area contributed by atoms with Gasteiger partial charge in [-0.2, -0.15) is 5.10 Å². The number of carbonyl (C=O) groups is 1. The Morgan fingerprint density at radius 3 is 2.84 bits per heavy atom. The van der Waals surface area contributed by atoms with Crippen molar-refractivity contribution in [2.24, 2.45) is 0 Å². The quantitative estimate of drug-likeness (QED) is 0.693. The molecule has 3 aromatic rings. The zero-order valence-electron chi connectivity index (χ0n) is 14.5. The molecule has 0 saturated carbocycles. The molecule has 0 aliphatic heterocycles. The molecule has 0 spiro atoms. The van der Waals surface area contributed by atoms with E-state index >= 15 is 0 Å². The second kappa shape index (κ2) is 8.07. The standard InChI is InChI=1S/C19H22N4OS/c1-3-7-16-14(4-2)12-17(25-16)19(24)22-18-9-11-21-23(18)13-15-8-5-6-10-20-15/h5-6,8-12H,3-4,7,13H2,1-2H3,(H,22,24). The summed E-state index contributed by atoms with van der Waals surface area (Å²) in [5.74, 6) is 0.601. The monoisotopic (exact) mass is 354 g/mol. The van der Waals surface area contributed by atoms with Crippen LogP contribution in [0.3, 0.4) is 0 Å². The van der Waals surface area contributed by atoms with Crippen molar-refractivity contribution in [3.8, 4) is 0 Å². The van der Waals surface area contributed by atoms with Gasteiger partial charge in [-0.1, -0.05) is 26.3 Å². The van der Waals surface area contributed by atoms with Crippen LogP contribution in [0.4, 0.5) is 5.82 Å². The normalized spacial score (nSPS) is 10.8. The van der Waals surface area contributed by atoms with Gasteiger partial charge in [0.1, 0.15) is 5.82 Å². The second-order valence-electron chi connectivity index (χ2n) is 5.81. The van der Waals surface area contributed by atoms with E-state index in [-0.39, 0.29) is 5.91 Å². The summed E-state index contributed by atoms with van der Waals surface area (Å²) in [5.41, 5.74) is 2.18. The number of amides is 1. The van der Waals surface area contributed by atoms with Crippen molar-refractivity contribution in [3.05, 3.63) is 63.7 Å². The number of pyridine rings is 1. The summed E-state index contributed by atoms with van der Waals surface area (Å²) in [6, 6.07) is 9.59. The number of hydrogen-bond donors (Lipinski definition) is 1. The van der Waals surface area contributed by atoms with Gasteiger partial charge >= 0.3 is 0 Å². The molecule has 3 rings (SSSR count). The van der Waals surface area contributed by atoms with E-state index in [1.54, 1.807) is 28.4 Å². The lowest BCUT2D eigenvalue weighted by molar-refractivity contribution is 0.102. The van der Waals surface area contributed by atoms with Crippen LogP contribution in [0.2, 0.25) is 0 Å². The first-order valence-corrected chi connectivity index (χ1v) is 9.37. The molecule has 6 heteroatoms. The van der Waals surface area contributed by atoms with Gasteiger partial charge in [-0.25, -0.2) is 4.68 Å². The van der Waals surface area contributed by atoms with Crippen LogP contribution in [0, 0.1) is 0 Å². The van der Waals surface area contributed by atoms with Crippen LogP contribution < -0.4 is 5.32 Å². The highest BCUT2D eigenvalue weighted by molar-refractivity contribution is 7.14. The lowest BCUT2D eigenvalue weighted by Crippen LogP contribution is -2.15. The number of nitrogens with one attached hydrogen (secondary N) is 1. The number of aromatic nitrogens is 3. The molecule has 0 aliphatic carbocycles. The summed E-state index contributed by atoms with van der Waals surface area (Å²) >= 11 is 1.59. The molecule has 1 N–H and O–H groups in total. The summed E-state index contributed by atoms with van der Waals surface area (Å²) < 4.78 is 1.75. The predicted molar refractivity (Wildman–Crippen MR) is 101 cm³/mol. The second-order valence-corrected chi connectivity index (χ2v) is 6.95. The zero-order valence-corrected chi connectivity index (χ0v) is 15.3. The molecule has 1 amide bonds. The Labute approximate surface area is 151 Å². The summed E-state index contributed by atoms with van der Waals surface area (Å²) in [4.78, 5) is 19.0. The first kappa shape index (κ1) is 17.4. The molecule has 0 fully saturated rings. The minimum atomic E-state index is -0.0789. The number of carbonyl (C=O) groups excluding carboxylic acids is 1. The Bertz CT molecular complexity index is 838. The molecule has 0 saturated heterocycles. The van der Waals surface area contributed by atoms with Gasteiger partial charge in [-0.3, -0.25) is 9.78 Å². The van der Waals surface area contributed by atoms with Crippen LogP contribution in [0.5, 0.6) is 0 Å². The van der Waals surface area contributed by atoms with E-state index in [9.17, 15) is 4.79 Å². The molecule has 0 bridgehead atoms. The number of rotatable bonds is 7. The van der Waals surface area contributed by atoms with Crippen molar-refractivity contribution in [2.45, 2.75) is 39.7 Å². The van der Waals surface area contributed by atoms with E-state index in [0.717, 1.165) is 29.8 Å². The van der Waals surface area contributed by atoms with E-state index in [4.69, 9.17) is 0 Å². The molecule has 0 aromatic carbocycles. The van der Waals surface area contributed by atoms with E-state index in [1.807, 2.05) is 30.3 Å². The highest BCUT2D eigenvalue weighted by atomic mass is 32.1. The first-order chi connectivity index (χ1) is 12.2. The summed E-state index contributed by atoms with van der Waals surface area (Å²) in [7, 11) is 0. The van der Waals surface area contributed by atoms with Crippen LogP contribution in [0.1, 0.15) is 46.1 Å². The maximum absolute atomic E-state index is 12.6. The minimum Gasteiger partial charge on any atom is -0.306 e. The van der Waals surface area contributed by atoms with Crippen LogP contribution in [0.25, 0.3) is 0 Å². The maximum Gasteiger partial charge on any atom is 0.266 e. The first-order valence-electron chi connectivity index (χ1n) is 8.56. The topological polar surface area (TPSA) is 59.8 Å². The maximum atomic E-state index is 12.6. The number of thiophene rings is 1. The van der Waals surface area contributed by atoms with Crippen molar-refractivity contribution < 1.29 is 4.79 Å². The molecule has 3 heterocycles. The number of nitrogens with zero attached hydrogens (tertiary/aromatic N) is 3. The molecule has 5 nitrogen and oxygen atoms in total. The molecule has 0 radical (unpaired) electrons. The van der Waals surface area contributed by atoms with Crippen LogP contribution in [-0.4, -0.2) is 20.7 Å². The predicted octanol–water partition coefficient (Wildman–Crippen LogP) is 4.16. The SMILES string of the molecule is CCCc1sc(C(=O)Nc2ccnn2Cc2ccccn2)cc1CC. The third-order valence-corrected chi connectivity index (χ3v) is 5.21. The highest BCUT2D eigenvalue weighted by Crippen LogP contribution is 2.25. The van der Waals surface area contributed by atoms with E-state index in [1.165, 1.54) is 10.4 Å². The van der Waals surface area contributed by atoms with Crippen molar-refractivity contribution in [1.82, 2.24) is 14.8 Å². The molecular formula is C19H22N4OS. The van der Waals surface area contributed by atoms with Gasteiger partial charge in [0.05, 0.1) is 23.3 Å². The molecular weight excluding hydrogens is 332 g/mol. The van der Waals surface area contributed by atoms with Crippen LogP contribution in [-0.2, 0) is 19.4 Å². The lowest BCUT2D eigenvalue weighted by Gasteiger charge is -2.08. The summed E-state index contributed by atoms with van der Waals surface area (Å²) in [5, 5.41) is 7.27. The van der Waals surface area contributed by atoms with E-state index < -0.39 is 0 Å². The van der Waals surface area contributed by atoms with Crippen molar-refractivity contribution in [3.63, 3.8) is 0 Å². The fourth-order valence-electron chi connectivity index (χ4n) is 2.70. The average molecular weight is 354 g/mol. The van der Waals surface area contributed by atoms with Crippen molar-refractivity contribution >= 4 is 23.1 Å². The molecule has 25 heavy (non-hydrogen) atoms. The van der Waals surface area contributed by atoms with E-state index in [0.29, 0.717) is 12.4 Å². The highest BCUT2D eigenvalue weighted by Gasteiger charge is 2.15. The smallest absolute Gasteiger partial charge is 0.266 e. The average Bonchev–Trinajstić information content (AvgIpc) is 3.23. The van der Waals surface area contributed by atoms with Gasteiger partial charge < -0.3 is 5.32 Å². The molecule has 0 atom stereocenters. The van der Waals surface area contributed by atoms with Crippen molar-refractivity contribution in [2.75, 3.05) is 5.32 Å². The van der Waals surface area contributed by atoms with Gasteiger partial charge in [-0.05, 0) is 36.6 Å². The number of aryl methyl sites for hydroxylation is 2. The Hall–Kier alpha value is -2.47. The summed E-state index contributed by atoms with van der Waals surface area (Å²) in [6.07, 6.45) is 6.51. The Morgan fingerprint density at radius 1 is 1.24 bits per heavy atom. The van der Waals surface area contributed by atoms with Gasteiger partial charge in [0.15, 0.2) is 0 Å². The minimum absolute atomic E-state index is 0.0789. The number of anilines is 1. The van der Waals surface area contributed by atoms with Crippen LogP contribution >= 0.6 is 11.3 Å². The Balaban J connectivity index is 1.75. The zero-order chi connectivity index (χ0) is 17.6. The lowest BCUT2D eigenvalue weighted by atomic mass is 10.1.